The molecule has 8 heteroatoms. The summed E-state index contributed by atoms with van der Waals surface area (Å²) in [6.07, 6.45) is -1.93. The Kier molecular flexibility index (Phi) is 10.3. The maximum atomic E-state index is 12.4. The minimum absolute atomic E-state index is 0.0181. The van der Waals surface area contributed by atoms with Gasteiger partial charge in [0.05, 0.1) is 18.8 Å². The Morgan fingerprint density at radius 3 is 2.24 bits per heavy atom. The molecule has 4 aromatic carbocycles. The van der Waals surface area contributed by atoms with Crippen LogP contribution in [0.15, 0.2) is 91.0 Å². The van der Waals surface area contributed by atoms with Gasteiger partial charge in [0.1, 0.15) is 0 Å². The number of aliphatic hydroxyl groups is 1. The van der Waals surface area contributed by atoms with Crippen molar-refractivity contribution in [3.8, 4) is 0 Å². The molecular weight excluding hydrogens is 568 g/mol. The zero-order valence-corrected chi connectivity index (χ0v) is 26.5. The van der Waals surface area contributed by atoms with E-state index in [0.29, 0.717) is 12.2 Å². The summed E-state index contributed by atoms with van der Waals surface area (Å²) >= 11 is 0. The average Bonchev–Trinajstić information content (AvgIpc) is 3.05. The molecule has 2 N–H and O–H groups in total. The molecule has 0 aliphatic carbocycles. The second-order valence-electron chi connectivity index (χ2n) is 11.9. The number of fused-ring (bicyclic) bond motifs is 1. The summed E-state index contributed by atoms with van der Waals surface area (Å²) in [7, 11) is 2.12. The van der Waals surface area contributed by atoms with Gasteiger partial charge < -0.3 is 24.6 Å². The van der Waals surface area contributed by atoms with Gasteiger partial charge in [0.15, 0.2) is 12.4 Å². The number of aliphatic hydroxyl groups excluding tert-OH is 1. The summed E-state index contributed by atoms with van der Waals surface area (Å²) in [4.78, 5) is 26.0. The Labute approximate surface area is 264 Å². The Morgan fingerprint density at radius 1 is 0.911 bits per heavy atom. The molecule has 5 rings (SSSR count). The van der Waals surface area contributed by atoms with E-state index < -0.39 is 24.3 Å². The number of carbonyl (C=O) groups excluding carboxylic acids is 2. The van der Waals surface area contributed by atoms with Gasteiger partial charge in [0.25, 0.3) is 5.91 Å². The van der Waals surface area contributed by atoms with E-state index in [9.17, 15) is 14.7 Å². The molecule has 1 heterocycles. The van der Waals surface area contributed by atoms with Crippen molar-refractivity contribution in [2.45, 2.75) is 64.9 Å². The number of rotatable bonds is 10. The highest BCUT2D eigenvalue weighted by Crippen LogP contribution is 2.42. The lowest BCUT2D eigenvalue weighted by Crippen LogP contribution is -2.44. The van der Waals surface area contributed by atoms with Gasteiger partial charge in [-0.2, -0.15) is 0 Å². The third-order valence-electron chi connectivity index (χ3n) is 8.67. The number of hydrogen-bond acceptors (Lipinski definition) is 7. The molecule has 0 unspecified atom stereocenters. The van der Waals surface area contributed by atoms with Gasteiger partial charge >= 0.3 is 5.97 Å². The number of amides is 1. The standard InChI is InChI=1S/C37H42N2O6/c1-23-34(21-39(5)24(2)31-15-14-28-8-6-7-9-32(28)20-31)44-37(45-35(23)29-12-10-27(22-40)11-13-29)30-16-18-33(19-17-30)38-36(42)25(3)43-26(4)41/h6-20,23-25,34-35,37,40H,21-22H2,1-5H3,(H,38,42)/t23-,24-,25+,34+,35+,37+/m1/s1. The number of nitrogens with one attached hydrogen (secondary N) is 1. The maximum Gasteiger partial charge on any atom is 0.303 e. The molecule has 1 aliphatic rings. The number of carbonyl (C=O) groups is 2. The molecule has 0 spiro atoms. The van der Waals surface area contributed by atoms with Crippen molar-refractivity contribution in [1.29, 1.82) is 0 Å². The smallest absolute Gasteiger partial charge is 0.303 e. The molecule has 0 bridgehead atoms. The molecule has 8 nitrogen and oxygen atoms in total. The first kappa shape index (κ1) is 32.3. The van der Waals surface area contributed by atoms with Gasteiger partial charge in [0, 0.05) is 36.7 Å². The maximum absolute atomic E-state index is 12.4. The Morgan fingerprint density at radius 2 is 1.58 bits per heavy atom. The highest BCUT2D eigenvalue weighted by molar-refractivity contribution is 5.94. The third kappa shape index (κ3) is 7.78. The first-order chi connectivity index (χ1) is 21.6. The van der Waals surface area contributed by atoms with E-state index >= 15 is 0 Å². The lowest BCUT2D eigenvalue weighted by atomic mass is 9.89. The van der Waals surface area contributed by atoms with E-state index in [1.165, 1.54) is 30.2 Å². The van der Waals surface area contributed by atoms with Crippen molar-refractivity contribution >= 4 is 28.3 Å². The molecule has 1 fully saturated rings. The van der Waals surface area contributed by atoms with Crippen LogP contribution < -0.4 is 5.32 Å². The van der Waals surface area contributed by atoms with Gasteiger partial charge in [-0.05, 0) is 66.6 Å². The summed E-state index contributed by atoms with van der Waals surface area (Å²) in [5.41, 5.74) is 4.50. The third-order valence-corrected chi connectivity index (χ3v) is 8.67. The van der Waals surface area contributed by atoms with E-state index in [0.717, 1.165) is 16.7 Å². The summed E-state index contributed by atoms with van der Waals surface area (Å²) in [6.45, 7) is 7.83. The fraction of sp³-hybridized carbons (Fsp3) is 0.351. The van der Waals surface area contributed by atoms with Gasteiger partial charge in [-0.1, -0.05) is 79.7 Å². The summed E-state index contributed by atoms with van der Waals surface area (Å²) < 4.78 is 18.2. The van der Waals surface area contributed by atoms with Crippen LogP contribution in [0.2, 0.25) is 0 Å². The predicted octanol–water partition coefficient (Wildman–Crippen LogP) is 6.71. The van der Waals surface area contributed by atoms with Crippen molar-refractivity contribution in [2.24, 2.45) is 5.92 Å². The van der Waals surface area contributed by atoms with E-state index in [2.05, 4.69) is 73.6 Å². The molecule has 6 atom stereocenters. The first-order valence-corrected chi connectivity index (χ1v) is 15.4. The highest BCUT2D eigenvalue weighted by atomic mass is 16.7. The van der Waals surface area contributed by atoms with Gasteiger partial charge in [0.2, 0.25) is 0 Å². The summed E-state index contributed by atoms with van der Waals surface area (Å²) in [5.74, 6) is -0.887. The molecule has 45 heavy (non-hydrogen) atoms. The Bertz CT molecular complexity index is 1610. The lowest BCUT2D eigenvalue weighted by molar-refractivity contribution is -0.276. The topological polar surface area (TPSA) is 97.3 Å². The molecule has 1 saturated heterocycles. The van der Waals surface area contributed by atoms with E-state index in [1.807, 2.05) is 36.4 Å². The van der Waals surface area contributed by atoms with Crippen LogP contribution in [-0.4, -0.2) is 47.7 Å². The zero-order chi connectivity index (χ0) is 32.1. The number of esters is 1. The number of likely N-dealkylation sites (N-methyl/N-ethyl adjacent to an activating group) is 1. The molecule has 236 valence electrons. The lowest BCUT2D eigenvalue weighted by Gasteiger charge is -2.43. The number of anilines is 1. The fourth-order valence-corrected chi connectivity index (χ4v) is 5.76. The molecule has 1 amide bonds. The Balaban J connectivity index is 1.35. The minimum atomic E-state index is -0.901. The molecule has 0 saturated carbocycles. The van der Waals surface area contributed by atoms with Crippen LogP contribution in [0.3, 0.4) is 0 Å². The second kappa shape index (κ2) is 14.3. The van der Waals surface area contributed by atoms with E-state index in [1.54, 1.807) is 12.1 Å². The number of nitrogens with zero attached hydrogens (tertiary/aromatic N) is 1. The molecular formula is C37H42N2O6. The highest BCUT2D eigenvalue weighted by Gasteiger charge is 2.39. The Hall–Kier alpha value is -4.08. The largest absolute Gasteiger partial charge is 0.453 e. The monoisotopic (exact) mass is 610 g/mol. The van der Waals surface area contributed by atoms with Crippen LogP contribution in [0.1, 0.15) is 68.4 Å². The van der Waals surface area contributed by atoms with Gasteiger partial charge in [-0.25, -0.2) is 0 Å². The number of ether oxygens (including phenoxy) is 3. The summed E-state index contributed by atoms with van der Waals surface area (Å²) in [5, 5.41) is 14.8. The van der Waals surface area contributed by atoms with Crippen molar-refractivity contribution < 1.29 is 28.9 Å². The van der Waals surface area contributed by atoms with E-state index in [4.69, 9.17) is 14.2 Å². The average molecular weight is 611 g/mol. The SMILES string of the molecule is CC(=O)O[C@@H](C)C(=O)Nc1ccc([C@H]2O[C@@H](CN(C)[C@H](C)c3ccc4ccccc4c3)[C@@H](C)[C@@H](c3ccc(CO)cc3)O2)cc1. The number of hydrogen-bond donors (Lipinski definition) is 2. The van der Waals surface area contributed by atoms with Gasteiger partial charge in [-0.15, -0.1) is 0 Å². The molecule has 0 radical (unpaired) electrons. The van der Waals surface area contributed by atoms with Crippen molar-refractivity contribution in [2.75, 3.05) is 18.9 Å². The predicted molar refractivity (Wildman–Crippen MR) is 174 cm³/mol. The summed E-state index contributed by atoms with van der Waals surface area (Å²) in [6, 6.07) is 30.4. The van der Waals surface area contributed by atoms with Crippen LogP contribution in [0.4, 0.5) is 5.69 Å². The zero-order valence-electron chi connectivity index (χ0n) is 26.5. The van der Waals surface area contributed by atoms with Crippen LogP contribution in [0.5, 0.6) is 0 Å². The first-order valence-electron chi connectivity index (χ1n) is 15.4. The van der Waals surface area contributed by atoms with Crippen LogP contribution in [0, 0.1) is 5.92 Å². The van der Waals surface area contributed by atoms with Crippen molar-refractivity contribution in [3.05, 3.63) is 113 Å². The van der Waals surface area contributed by atoms with Crippen molar-refractivity contribution in [1.82, 2.24) is 4.90 Å². The molecule has 1 aliphatic heterocycles. The molecule has 4 aromatic rings. The van der Waals surface area contributed by atoms with Crippen LogP contribution >= 0.6 is 0 Å². The number of benzene rings is 4. The van der Waals surface area contributed by atoms with Crippen molar-refractivity contribution in [3.63, 3.8) is 0 Å². The second-order valence-corrected chi connectivity index (χ2v) is 11.9. The van der Waals surface area contributed by atoms with Crippen LogP contribution in [-0.2, 0) is 30.4 Å². The van der Waals surface area contributed by atoms with E-state index in [-0.39, 0.29) is 30.8 Å². The van der Waals surface area contributed by atoms with Gasteiger partial charge in [-0.3, -0.25) is 14.5 Å². The minimum Gasteiger partial charge on any atom is -0.453 e. The normalized spacial score (nSPS) is 21.3. The quantitative estimate of drug-likeness (QED) is 0.193. The molecule has 0 aromatic heterocycles. The fourth-order valence-electron chi connectivity index (χ4n) is 5.76. The van der Waals surface area contributed by atoms with Crippen LogP contribution in [0.25, 0.3) is 10.8 Å².